The molecule has 1 saturated carbocycles. The summed E-state index contributed by atoms with van der Waals surface area (Å²) in [6.45, 7) is 0.472. The number of hydrogen-bond acceptors (Lipinski definition) is 3. The fourth-order valence-electron chi connectivity index (χ4n) is 2.27. The van der Waals surface area contributed by atoms with Crippen molar-refractivity contribution in [3.05, 3.63) is 0 Å². The number of carbonyl (C=O) groups excluding carboxylic acids is 1. The Hall–Kier alpha value is -0.810. The Morgan fingerprint density at radius 3 is 2.20 bits per heavy atom. The second-order valence-electron chi connectivity index (χ2n) is 4.47. The third-order valence-electron chi connectivity index (χ3n) is 3.23. The van der Waals surface area contributed by atoms with Gasteiger partial charge in [0.2, 0.25) is 0 Å². The van der Waals surface area contributed by atoms with E-state index in [4.69, 9.17) is 0 Å². The van der Waals surface area contributed by atoms with Gasteiger partial charge in [-0.15, -0.1) is 0 Å². The fraction of sp³-hybridized carbons (Fsp3) is 0.900. The van der Waals surface area contributed by atoms with Crippen molar-refractivity contribution >= 4 is 6.03 Å². The lowest BCUT2D eigenvalue weighted by Gasteiger charge is -2.19. The van der Waals surface area contributed by atoms with E-state index in [0.717, 1.165) is 12.8 Å². The number of likely N-dealkylation sites (tertiary alicyclic amines) is 1. The van der Waals surface area contributed by atoms with E-state index >= 15 is 0 Å². The van der Waals surface area contributed by atoms with Crippen LogP contribution >= 0.6 is 0 Å². The van der Waals surface area contributed by atoms with Gasteiger partial charge < -0.3 is 20.4 Å². The lowest BCUT2D eigenvalue weighted by Crippen LogP contribution is -2.43. The second-order valence-corrected chi connectivity index (χ2v) is 4.47. The molecule has 0 aromatic rings. The summed E-state index contributed by atoms with van der Waals surface area (Å²) in [5, 5.41) is 21.5. The average molecular weight is 214 g/mol. The van der Waals surface area contributed by atoms with Crippen LogP contribution in [-0.4, -0.2) is 52.5 Å². The van der Waals surface area contributed by atoms with Gasteiger partial charge in [0.05, 0.1) is 25.3 Å². The van der Waals surface area contributed by atoms with Gasteiger partial charge in [-0.1, -0.05) is 12.8 Å². The van der Waals surface area contributed by atoms with Crippen LogP contribution in [0.3, 0.4) is 0 Å². The Labute approximate surface area is 89.1 Å². The molecule has 2 aliphatic rings. The average Bonchev–Trinajstić information content (AvgIpc) is 2.78. The molecule has 2 atom stereocenters. The van der Waals surface area contributed by atoms with Crippen molar-refractivity contribution < 1.29 is 15.0 Å². The number of rotatable bonds is 1. The van der Waals surface area contributed by atoms with Crippen molar-refractivity contribution in [1.29, 1.82) is 0 Å². The van der Waals surface area contributed by atoms with Gasteiger partial charge in [-0.3, -0.25) is 0 Å². The van der Waals surface area contributed by atoms with E-state index in [1.54, 1.807) is 0 Å². The molecule has 5 heteroatoms. The highest BCUT2D eigenvalue weighted by atomic mass is 16.3. The number of urea groups is 1. The number of amides is 2. The molecule has 15 heavy (non-hydrogen) atoms. The van der Waals surface area contributed by atoms with Crippen LogP contribution in [0.2, 0.25) is 0 Å². The standard InChI is InChI=1S/C10H18N2O3/c13-8-5-12(6-9(8)14)10(15)11-7-3-1-2-4-7/h7-9,13-14H,1-6H2,(H,11,15)/t8-,9+. The molecule has 0 radical (unpaired) electrons. The number of aliphatic hydroxyl groups excluding tert-OH is 2. The van der Waals surface area contributed by atoms with E-state index in [0.29, 0.717) is 0 Å². The summed E-state index contributed by atoms with van der Waals surface area (Å²) in [7, 11) is 0. The van der Waals surface area contributed by atoms with Crippen LogP contribution in [0, 0.1) is 0 Å². The van der Waals surface area contributed by atoms with Gasteiger partial charge in [-0.2, -0.15) is 0 Å². The molecule has 2 amide bonds. The van der Waals surface area contributed by atoms with Gasteiger partial charge in [0, 0.05) is 6.04 Å². The van der Waals surface area contributed by atoms with Crippen LogP contribution in [0.5, 0.6) is 0 Å². The maximum Gasteiger partial charge on any atom is 0.317 e. The minimum atomic E-state index is -0.792. The maximum absolute atomic E-state index is 11.7. The molecule has 2 fully saturated rings. The topological polar surface area (TPSA) is 72.8 Å². The quantitative estimate of drug-likeness (QED) is 0.560. The Kier molecular flexibility index (Phi) is 3.11. The normalized spacial score (nSPS) is 32.3. The summed E-state index contributed by atoms with van der Waals surface area (Å²) in [4.78, 5) is 13.2. The molecule has 5 nitrogen and oxygen atoms in total. The molecule has 0 spiro atoms. The van der Waals surface area contributed by atoms with Gasteiger partial charge in [-0.25, -0.2) is 4.79 Å². The molecular formula is C10H18N2O3. The van der Waals surface area contributed by atoms with Crippen LogP contribution < -0.4 is 5.32 Å². The smallest absolute Gasteiger partial charge is 0.317 e. The van der Waals surface area contributed by atoms with Crippen molar-refractivity contribution in [3.8, 4) is 0 Å². The minimum Gasteiger partial charge on any atom is -0.388 e. The van der Waals surface area contributed by atoms with Crippen LogP contribution in [0.1, 0.15) is 25.7 Å². The van der Waals surface area contributed by atoms with Crippen LogP contribution in [0.15, 0.2) is 0 Å². The summed E-state index contributed by atoms with van der Waals surface area (Å²) < 4.78 is 0. The second kappa shape index (κ2) is 4.37. The van der Waals surface area contributed by atoms with E-state index in [9.17, 15) is 15.0 Å². The number of nitrogens with zero attached hydrogens (tertiary/aromatic N) is 1. The predicted molar refractivity (Wildman–Crippen MR) is 54.4 cm³/mol. The predicted octanol–water partition coefficient (Wildman–Crippen LogP) is -0.324. The fourth-order valence-corrected chi connectivity index (χ4v) is 2.27. The lowest BCUT2D eigenvalue weighted by molar-refractivity contribution is 0.0572. The highest BCUT2D eigenvalue weighted by molar-refractivity contribution is 5.75. The number of carbonyl (C=O) groups is 1. The van der Waals surface area contributed by atoms with E-state index in [1.165, 1.54) is 17.7 Å². The lowest BCUT2D eigenvalue weighted by atomic mass is 10.2. The van der Waals surface area contributed by atoms with Gasteiger partial charge in [0.25, 0.3) is 0 Å². The highest BCUT2D eigenvalue weighted by Crippen LogP contribution is 2.18. The van der Waals surface area contributed by atoms with Gasteiger partial charge in [0.1, 0.15) is 0 Å². The number of nitrogens with one attached hydrogen (secondary N) is 1. The van der Waals surface area contributed by atoms with E-state index in [-0.39, 0.29) is 25.2 Å². The molecular weight excluding hydrogens is 196 g/mol. The molecule has 86 valence electrons. The van der Waals surface area contributed by atoms with E-state index in [2.05, 4.69) is 5.32 Å². The Bertz CT molecular complexity index is 231. The maximum atomic E-state index is 11.7. The molecule has 0 unspecified atom stereocenters. The molecule has 3 N–H and O–H groups in total. The van der Waals surface area contributed by atoms with Crippen LogP contribution in [-0.2, 0) is 0 Å². The molecule has 2 rings (SSSR count). The molecule has 1 aliphatic carbocycles. The summed E-state index contributed by atoms with van der Waals surface area (Å²) in [6.07, 6.45) is 2.86. The first-order valence-electron chi connectivity index (χ1n) is 5.58. The minimum absolute atomic E-state index is 0.155. The molecule has 0 aromatic heterocycles. The summed E-state index contributed by atoms with van der Waals surface area (Å²) >= 11 is 0. The van der Waals surface area contributed by atoms with Gasteiger partial charge in [0.15, 0.2) is 0 Å². The van der Waals surface area contributed by atoms with Crippen LogP contribution in [0.25, 0.3) is 0 Å². The Balaban J connectivity index is 1.81. The first-order chi connectivity index (χ1) is 7.16. The summed E-state index contributed by atoms with van der Waals surface area (Å²) in [5.74, 6) is 0. The molecule has 0 aromatic carbocycles. The van der Waals surface area contributed by atoms with Gasteiger partial charge >= 0.3 is 6.03 Å². The van der Waals surface area contributed by atoms with Crippen LogP contribution in [0.4, 0.5) is 4.79 Å². The van der Waals surface area contributed by atoms with Crippen molar-refractivity contribution in [2.45, 2.75) is 43.9 Å². The largest absolute Gasteiger partial charge is 0.388 e. The third kappa shape index (κ3) is 2.41. The number of β-amino-alcohol motifs (C(OH)–C–C–N with tert-alkyl or cyclic N) is 2. The molecule has 1 saturated heterocycles. The summed E-state index contributed by atoms with van der Waals surface area (Å²) in [6, 6.07) is 0.130. The van der Waals surface area contributed by atoms with Crippen molar-refractivity contribution in [1.82, 2.24) is 10.2 Å². The zero-order chi connectivity index (χ0) is 10.8. The van der Waals surface area contributed by atoms with Gasteiger partial charge in [-0.05, 0) is 12.8 Å². The third-order valence-corrected chi connectivity index (χ3v) is 3.23. The summed E-state index contributed by atoms with van der Waals surface area (Å²) in [5.41, 5.74) is 0. The Morgan fingerprint density at radius 1 is 1.13 bits per heavy atom. The first-order valence-corrected chi connectivity index (χ1v) is 5.58. The number of hydrogen-bond donors (Lipinski definition) is 3. The monoisotopic (exact) mass is 214 g/mol. The molecule has 1 heterocycles. The molecule has 0 bridgehead atoms. The Morgan fingerprint density at radius 2 is 1.67 bits per heavy atom. The van der Waals surface area contributed by atoms with E-state index in [1.807, 2.05) is 0 Å². The first kappa shape index (κ1) is 10.7. The van der Waals surface area contributed by atoms with Crippen molar-refractivity contribution in [3.63, 3.8) is 0 Å². The number of aliphatic hydroxyl groups is 2. The zero-order valence-corrected chi connectivity index (χ0v) is 8.72. The van der Waals surface area contributed by atoms with Crippen molar-refractivity contribution in [2.24, 2.45) is 0 Å². The zero-order valence-electron chi connectivity index (χ0n) is 8.72. The highest BCUT2D eigenvalue weighted by Gasteiger charge is 2.33. The van der Waals surface area contributed by atoms with E-state index < -0.39 is 12.2 Å². The van der Waals surface area contributed by atoms with Crippen molar-refractivity contribution in [2.75, 3.05) is 13.1 Å². The SMILES string of the molecule is O=C(NC1CCCC1)N1C[C@@H](O)[C@@H](O)C1. The molecule has 1 aliphatic heterocycles.